The van der Waals surface area contributed by atoms with Gasteiger partial charge in [-0.15, -0.1) is 0 Å². The van der Waals surface area contributed by atoms with Gasteiger partial charge in [0.1, 0.15) is 17.7 Å². The van der Waals surface area contributed by atoms with Crippen LogP contribution in [0.3, 0.4) is 0 Å². The molecule has 34 heavy (non-hydrogen) atoms. The summed E-state index contributed by atoms with van der Waals surface area (Å²) in [5.74, 6) is 0.00822. The Kier molecular flexibility index (Phi) is 6.25. The fourth-order valence-corrected chi connectivity index (χ4v) is 3.49. The molecule has 0 atom stereocenters. The van der Waals surface area contributed by atoms with Crippen molar-refractivity contribution in [2.24, 2.45) is 0 Å². The predicted molar refractivity (Wildman–Crippen MR) is 126 cm³/mol. The first-order valence-electron chi connectivity index (χ1n) is 11.0. The highest BCUT2D eigenvalue weighted by molar-refractivity contribution is 6.04. The molecule has 8 nitrogen and oxygen atoms in total. The molecule has 0 radical (unpaired) electrons. The van der Waals surface area contributed by atoms with Gasteiger partial charge >= 0.3 is 0 Å². The Morgan fingerprint density at radius 2 is 1.94 bits per heavy atom. The summed E-state index contributed by atoms with van der Waals surface area (Å²) in [6, 6.07) is 11.1. The van der Waals surface area contributed by atoms with E-state index in [0.717, 1.165) is 30.5 Å². The number of anilines is 1. The second kappa shape index (κ2) is 9.29. The van der Waals surface area contributed by atoms with Gasteiger partial charge in [0.05, 0.1) is 29.1 Å². The molecule has 3 aromatic rings. The van der Waals surface area contributed by atoms with Crippen LogP contribution >= 0.6 is 0 Å². The Balaban J connectivity index is 1.58. The maximum absolute atomic E-state index is 12.9. The van der Waals surface area contributed by atoms with Crippen LogP contribution in [0.4, 0.5) is 5.69 Å². The summed E-state index contributed by atoms with van der Waals surface area (Å²) in [5.41, 5.74) is 3.15. The fraction of sp³-hybridized carbons (Fsp3) is 0.308. The van der Waals surface area contributed by atoms with Crippen LogP contribution in [0.2, 0.25) is 0 Å². The number of amides is 1. The van der Waals surface area contributed by atoms with Gasteiger partial charge in [0.15, 0.2) is 0 Å². The molecule has 0 bridgehead atoms. The van der Waals surface area contributed by atoms with Crippen LogP contribution < -0.4 is 10.1 Å². The molecule has 3 aromatic heterocycles. The lowest BCUT2D eigenvalue weighted by atomic mass is 9.90. The zero-order chi connectivity index (χ0) is 24.3. The van der Waals surface area contributed by atoms with Gasteiger partial charge in [0.25, 0.3) is 5.91 Å². The third kappa shape index (κ3) is 4.72. The Labute approximate surface area is 198 Å². The van der Waals surface area contributed by atoms with Crippen molar-refractivity contribution in [3.05, 3.63) is 65.4 Å². The van der Waals surface area contributed by atoms with Crippen molar-refractivity contribution in [3.8, 4) is 29.1 Å². The monoisotopic (exact) mass is 452 g/mol. The van der Waals surface area contributed by atoms with E-state index in [1.165, 1.54) is 6.20 Å². The first-order valence-corrected chi connectivity index (χ1v) is 11.0. The van der Waals surface area contributed by atoms with Crippen molar-refractivity contribution >= 4 is 11.6 Å². The molecule has 4 rings (SSSR count). The number of nitrogens with one attached hydrogen (secondary N) is 1. The van der Waals surface area contributed by atoms with Crippen LogP contribution in [0.25, 0.3) is 11.1 Å². The van der Waals surface area contributed by atoms with E-state index in [0.29, 0.717) is 34.0 Å². The lowest BCUT2D eigenvalue weighted by molar-refractivity contribution is 0.102. The zero-order valence-electron chi connectivity index (χ0n) is 19.3. The van der Waals surface area contributed by atoms with E-state index in [4.69, 9.17) is 4.74 Å². The Hall–Kier alpha value is -4.30. The number of carbonyl (C=O) groups is 1. The topological polar surface area (TPSA) is 125 Å². The minimum absolute atomic E-state index is 0.125. The minimum Gasteiger partial charge on any atom is -0.473 e. The summed E-state index contributed by atoms with van der Waals surface area (Å²) in [5, 5.41) is 21.8. The molecular weight excluding hydrogens is 428 g/mol. The molecule has 8 heteroatoms. The molecule has 0 unspecified atom stereocenters. The maximum atomic E-state index is 12.9. The van der Waals surface area contributed by atoms with Crippen molar-refractivity contribution in [1.82, 2.24) is 15.0 Å². The highest BCUT2D eigenvalue weighted by Gasteiger charge is 2.23. The Morgan fingerprint density at radius 3 is 2.62 bits per heavy atom. The largest absolute Gasteiger partial charge is 0.473 e. The van der Waals surface area contributed by atoms with Crippen LogP contribution in [0.5, 0.6) is 5.88 Å². The Morgan fingerprint density at radius 1 is 1.15 bits per heavy atom. The summed E-state index contributed by atoms with van der Waals surface area (Å²) in [4.78, 5) is 25.9. The van der Waals surface area contributed by atoms with Crippen LogP contribution in [0.15, 0.2) is 42.9 Å². The molecule has 0 aromatic carbocycles. The lowest BCUT2D eigenvalue weighted by Gasteiger charge is -2.26. The van der Waals surface area contributed by atoms with Crippen molar-refractivity contribution in [3.63, 3.8) is 0 Å². The number of aryl methyl sites for hydroxylation is 1. The Bertz CT molecular complexity index is 1330. The predicted octanol–water partition coefficient (Wildman–Crippen LogP) is 4.70. The van der Waals surface area contributed by atoms with E-state index in [1.54, 1.807) is 50.5 Å². The zero-order valence-corrected chi connectivity index (χ0v) is 19.3. The maximum Gasteiger partial charge on any atom is 0.255 e. The second-order valence-corrected chi connectivity index (χ2v) is 8.84. The van der Waals surface area contributed by atoms with Crippen molar-refractivity contribution < 1.29 is 9.53 Å². The number of aromatic nitrogens is 3. The van der Waals surface area contributed by atoms with Gasteiger partial charge in [0, 0.05) is 34.8 Å². The number of carbonyl (C=O) groups excluding carboxylic acids is 1. The minimum atomic E-state index is -0.811. The molecule has 1 aliphatic carbocycles. The first kappa shape index (κ1) is 22.9. The van der Waals surface area contributed by atoms with Gasteiger partial charge in [-0.05, 0) is 64.3 Å². The average Bonchev–Trinajstić information content (AvgIpc) is 2.82. The van der Waals surface area contributed by atoms with Crippen molar-refractivity contribution in [1.29, 1.82) is 10.5 Å². The van der Waals surface area contributed by atoms with E-state index >= 15 is 0 Å². The normalized spacial score (nSPS) is 13.3. The van der Waals surface area contributed by atoms with Gasteiger partial charge in [-0.2, -0.15) is 10.5 Å². The molecule has 0 saturated heterocycles. The van der Waals surface area contributed by atoms with Crippen LogP contribution in [0, 0.1) is 29.6 Å². The summed E-state index contributed by atoms with van der Waals surface area (Å²) >= 11 is 0. The van der Waals surface area contributed by atoms with Crippen LogP contribution in [-0.4, -0.2) is 27.0 Å². The third-order valence-electron chi connectivity index (χ3n) is 5.90. The van der Waals surface area contributed by atoms with E-state index in [9.17, 15) is 15.3 Å². The average molecular weight is 453 g/mol. The number of nitrogens with zero attached hydrogens (tertiary/aromatic N) is 5. The standard InChI is InChI=1S/C26H24N6O2/c1-16-22(19-9-18(12-27)25(31-13-19)34-21-5-4-6-21)11-20(14-30-16)32-24(33)17-7-8-29-23(10-17)26(2,3)15-28/h7-11,13-14,21H,4-6H2,1-3H3,(H,32,33). The SMILES string of the molecule is Cc1ncc(NC(=O)c2ccnc(C(C)(C)C#N)c2)cc1-c1cnc(OC2CCC2)c(C#N)c1. The fourth-order valence-electron chi connectivity index (χ4n) is 3.49. The molecule has 1 N–H and O–H groups in total. The molecule has 170 valence electrons. The summed E-state index contributed by atoms with van der Waals surface area (Å²) < 4.78 is 5.83. The van der Waals surface area contributed by atoms with Gasteiger partial charge in [0.2, 0.25) is 5.88 Å². The summed E-state index contributed by atoms with van der Waals surface area (Å²) in [7, 11) is 0. The molecule has 1 fully saturated rings. The summed E-state index contributed by atoms with van der Waals surface area (Å²) in [6.07, 6.45) is 7.96. The highest BCUT2D eigenvalue weighted by atomic mass is 16.5. The molecular formula is C26H24N6O2. The molecule has 0 aliphatic heterocycles. The highest BCUT2D eigenvalue weighted by Crippen LogP contribution is 2.31. The van der Waals surface area contributed by atoms with Gasteiger partial charge < -0.3 is 10.1 Å². The number of hydrogen-bond acceptors (Lipinski definition) is 7. The number of hydrogen-bond donors (Lipinski definition) is 1. The van der Waals surface area contributed by atoms with Gasteiger partial charge in [-0.3, -0.25) is 14.8 Å². The van der Waals surface area contributed by atoms with E-state index < -0.39 is 5.41 Å². The molecule has 0 spiro atoms. The van der Waals surface area contributed by atoms with Crippen LogP contribution in [-0.2, 0) is 5.41 Å². The number of ether oxygens (including phenoxy) is 1. The van der Waals surface area contributed by atoms with Crippen molar-refractivity contribution in [2.75, 3.05) is 5.32 Å². The smallest absolute Gasteiger partial charge is 0.255 e. The van der Waals surface area contributed by atoms with E-state index in [-0.39, 0.29) is 12.0 Å². The first-order chi connectivity index (χ1) is 16.3. The molecule has 3 heterocycles. The van der Waals surface area contributed by atoms with Crippen molar-refractivity contribution in [2.45, 2.75) is 51.6 Å². The quantitative estimate of drug-likeness (QED) is 0.574. The number of pyridine rings is 3. The third-order valence-corrected chi connectivity index (χ3v) is 5.90. The van der Waals surface area contributed by atoms with E-state index in [1.807, 2.05) is 6.92 Å². The number of rotatable bonds is 6. The van der Waals surface area contributed by atoms with Crippen LogP contribution in [0.1, 0.15) is 60.4 Å². The lowest BCUT2D eigenvalue weighted by Crippen LogP contribution is -2.25. The van der Waals surface area contributed by atoms with E-state index in [2.05, 4.69) is 32.4 Å². The van der Waals surface area contributed by atoms with Gasteiger partial charge in [-0.25, -0.2) is 4.98 Å². The second-order valence-electron chi connectivity index (χ2n) is 8.84. The number of nitriles is 2. The summed E-state index contributed by atoms with van der Waals surface area (Å²) in [6.45, 7) is 5.35. The molecule has 1 aliphatic rings. The molecule has 1 amide bonds. The van der Waals surface area contributed by atoms with Gasteiger partial charge in [-0.1, -0.05) is 0 Å². The molecule has 1 saturated carbocycles.